The normalized spacial score (nSPS) is 16.7. The first kappa shape index (κ1) is 18.9. The number of rotatable bonds is 5. The number of aromatic nitrogens is 1. The molecule has 1 atom stereocenters. The Morgan fingerprint density at radius 2 is 1.90 bits per heavy atom. The van der Waals surface area contributed by atoms with E-state index in [4.69, 9.17) is 14.1 Å². The number of ether oxygens (including phenoxy) is 1. The van der Waals surface area contributed by atoms with Gasteiger partial charge in [-0.25, -0.2) is 4.98 Å². The number of carbonyl (C=O) groups excluding carboxylic acids is 1. The Morgan fingerprint density at radius 1 is 1.07 bits per heavy atom. The smallest absolute Gasteiger partial charge is 0.290 e. The standard InChI is InChI=1S/C24H22N2O3S/c27-24(21-14-13-18(29-21)16-28-17-8-2-1-3-9-17)26-15-7-6-11-20(26)23-25-19-10-4-5-12-22(19)30-23/h1-5,8-10,12-14,20H,6-7,11,15-16H2/t20-/m0/s1. The number of hydrogen-bond acceptors (Lipinski definition) is 5. The van der Waals surface area contributed by atoms with Gasteiger partial charge in [0.2, 0.25) is 0 Å². The zero-order chi connectivity index (χ0) is 20.3. The maximum atomic E-state index is 13.3. The molecule has 6 heteroatoms. The molecule has 2 aromatic heterocycles. The second-order valence-electron chi connectivity index (χ2n) is 7.40. The van der Waals surface area contributed by atoms with Crippen LogP contribution in [0.2, 0.25) is 0 Å². The Balaban J connectivity index is 1.33. The number of hydrogen-bond donors (Lipinski definition) is 0. The van der Waals surface area contributed by atoms with Gasteiger partial charge in [0.1, 0.15) is 23.1 Å². The van der Waals surface area contributed by atoms with Crippen molar-refractivity contribution in [2.24, 2.45) is 0 Å². The molecule has 1 amide bonds. The van der Waals surface area contributed by atoms with Crippen LogP contribution in [0.25, 0.3) is 10.2 Å². The van der Waals surface area contributed by atoms with E-state index in [9.17, 15) is 4.79 Å². The predicted molar refractivity (Wildman–Crippen MR) is 117 cm³/mol. The zero-order valence-corrected chi connectivity index (χ0v) is 17.3. The Labute approximate surface area is 178 Å². The summed E-state index contributed by atoms with van der Waals surface area (Å²) in [5, 5.41) is 1.00. The predicted octanol–water partition coefficient (Wildman–Crippen LogP) is 5.84. The van der Waals surface area contributed by atoms with Crippen molar-refractivity contribution < 1.29 is 13.9 Å². The third kappa shape index (κ3) is 3.83. The summed E-state index contributed by atoms with van der Waals surface area (Å²) in [6, 6.07) is 21.3. The second-order valence-corrected chi connectivity index (χ2v) is 8.46. The van der Waals surface area contributed by atoms with Crippen LogP contribution in [0.4, 0.5) is 0 Å². The molecule has 1 fully saturated rings. The first-order valence-corrected chi connectivity index (χ1v) is 11.0. The maximum Gasteiger partial charge on any atom is 0.290 e. The lowest BCUT2D eigenvalue weighted by atomic mass is 10.0. The van der Waals surface area contributed by atoms with Crippen molar-refractivity contribution in [2.45, 2.75) is 31.9 Å². The van der Waals surface area contributed by atoms with Crippen LogP contribution >= 0.6 is 11.3 Å². The van der Waals surface area contributed by atoms with Crippen LogP contribution in [0.1, 0.15) is 46.6 Å². The largest absolute Gasteiger partial charge is 0.486 e. The molecular formula is C24H22N2O3S. The van der Waals surface area contributed by atoms with Crippen molar-refractivity contribution in [1.82, 2.24) is 9.88 Å². The molecule has 0 aliphatic carbocycles. The van der Waals surface area contributed by atoms with Crippen LogP contribution in [-0.4, -0.2) is 22.3 Å². The molecule has 0 saturated carbocycles. The van der Waals surface area contributed by atoms with Gasteiger partial charge in [-0.2, -0.15) is 0 Å². The van der Waals surface area contributed by atoms with Gasteiger partial charge in [0.05, 0.1) is 16.3 Å². The molecule has 0 unspecified atom stereocenters. The summed E-state index contributed by atoms with van der Waals surface area (Å²) in [5.41, 5.74) is 0.994. The maximum absolute atomic E-state index is 13.3. The molecule has 3 heterocycles. The lowest BCUT2D eigenvalue weighted by Crippen LogP contribution is -2.38. The highest BCUT2D eigenvalue weighted by Crippen LogP contribution is 2.36. The van der Waals surface area contributed by atoms with Crippen molar-refractivity contribution in [3.05, 3.63) is 83.3 Å². The number of furan rings is 1. The fraction of sp³-hybridized carbons (Fsp3) is 0.250. The molecule has 1 saturated heterocycles. The van der Waals surface area contributed by atoms with Gasteiger partial charge in [-0.05, 0) is 55.7 Å². The number of nitrogens with zero attached hydrogens (tertiary/aromatic N) is 2. The summed E-state index contributed by atoms with van der Waals surface area (Å²) < 4.78 is 12.7. The van der Waals surface area contributed by atoms with Crippen LogP contribution in [0.5, 0.6) is 5.75 Å². The summed E-state index contributed by atoms with van der Waals surface area (Å²) in [6.07, 6.45) is 3.02. The van der Waals surface area contributed by atoms with Crippen LogP contribution in [-0.2, 0) is 6.61 Å². The Kier molecular flexibility index (Phi) is 5.24. The number of fused-ring (bicyclic) bond motifs is 1. The molecule has 5 nitrogen and oxygen atoms in total. The molecule has 152 valence electrons. The number of carbonyl (C=O) groups is 1. The van der Waals surface area contributed by atoms with Crippen LogP contribution in [0.3, 0.4) is 0 Å². The molecule has 5 rings (SSSR count). The molecule has 0 radical (unpaired) electrons. The summed E-state index contributed by atoms with van der Waals surface area (Å²) in [6.45, 7) is 1.01. The number of para-hydroxylation sites is 2. The summed E-state index contributed by atoms with van der Waals surface area (Å²) in [5.74, 6) is 1.68. The molecule has 0 spiro atoms. The quantitative estimate of drug-likeness (QED) is 0.409. The van der Waals surface area contributed by atoms with E-state index in [1.54, 1.807) is 17.4 Å². The van der Waals surface area contributed by atoms with E-state index in [1.807, 2.05) is 59.5 Å². The molecule has 2 aromatic carbocycles. The van der Waals surface area contributed by atoms with E-state index >= 15 is 0 Å². The molecule has 4 aromatic rings. The molecule has 0 N–H and O–H groups in total. The Hall–Kier alpha value is -3.12. The molecule has 30 heavy (non-hydrogen) atoms. The Bertz CT molecular complexity index is 1120. The van der Waals surface area contributed by atoms with Crippen molar-refractivity contribution in [3.63, 3.8) is 0 Å². The summed E-state index contributed by atoms with van der Waals surface area (Å²) >= 11 is 1.68. The first-order chi connectivity index (χ1) is 14.8. The van der Waals surface area contributed by atoms with E-state index in [0.29, 0.717) is 18.1 Å². The molecule has 1 aliphatic heterocycles. The minimum atomic E-state index is -0.0788. The summed E-state index contributed by atoms with van der Waals surface area (Å²) in [7, 11) is 0. The van der Waals surface area contributed by atoms with Crippen LogP contribution in [0.15, 0.2) is 71.1 Å². The SMILES string of the molecule is O=C(c1ccc(COc2ccccc2)o1)N1CCCC[C@H]1c1nc2ccccc2s1. The molecule has 1 aliphatic rings. The summed E-state index contributed by atoms with van der Waals surface area (Å²) in [4.78, 5) is 20.0. The van der Waals surface area contributed by atoms with Gasteiger partial charge in [-0.15, -0.1) is 11.3 Å². The van der Waals surface area contributed by atoms with Crippen molar-refractivity contribution in [1.29, 1.82) is 0 Å². The van der Waals surface area contributed by atoms with Crippen LogP contribution < -0.4 is 4.74 Å². The lowest BCUT2D eigenvalue weighted by molar-refractivity contribution is 0.0575. The van der Waals surface area contributed by atoms with Crippen molar-refractivity contribution in [2.75, 3.05) is 6.54 Å². The Morgan fingerprint density at radius 3 is 2.77 bits per heavy atom. The van der Waals surface area contributed by atoms with Gasteiger partial charge in [0.15, 0.2) is 5.76 Å². The van der Waals surface area contributed by atoms with E-state index < -0.39 is 0 Å². The molecule has 0 bridgehead atoms. The topological polar surface area (TPSA) is 55.6 Å². The first-order valence-electron chi connectivity index (χ1n) is 10.2. The van der Waals surface area contributed by atoms with E-state index in [2.05, 4.69) is 6.07 Å². The van der Waals surface area contributed by atoms with Gasteiger partial charge >= 0.3 is 0 Å². The number of likely N-dealkylation sites (tertiary alicyclic amines) is 1. The minimum absolute atomic E-state index is 0.00207. The lowest BCUT2D eigenvalue weighted by Gasteiger charge is -2.33. The third-order valence-corrected chi connectivity index (χ3v) is 6.49. The van der Waals surface area contributed by atoms with E-state index in [0.717, 1.165) is 46.8 Å². The minimum Gasteiger partial charge on any atom is -0.486 e. The highest BCUT2D eigenvalue weighted by atomic mass is 32.1. The molecular weight excluding hydrogens is 396 g/mol. The highest BCUT2D eigenvalue weighted by molar-refractivity contribution is 7.18. The zero-order valence-electron chi connectivity index (χ0n) is 16.5. The monoisotopic (exact) mass is 418 g/mol. The van der Waals surface area contributed by atoms with Crippen molar-refractivity contribution >= 4 is 27.5 Å². The van der Waals surface area contributed by atoms with Crippen LogP contribution in [0, 0.1) is 0 Å². The average molecular weight is 419 g/mol. The van der Waals surface area contributed by atoms with Gasteiger partial charge in [-0.3, -0.25) is 4.79 Å². The number of benzene rings is 2. The second kappa shape index (κ2) is 8.32. The van der Waals surface area contributed by atoms with Gasteiger partial charge in [-0.1, -0.05) is 30.3 Å². The fourth-order valence-electron chi connectivity index (χ4n) is 3.85. The van der Waals surface area contributed by atoms with Gasteiger partial charge in [0.25, 0.3) is 5.91 Å². The fourth-order valence-corrected chi connectivity index (χ4v) is 4.96. The van der Waals surface area contributed by atoms with Gasteiger partial charge in [0, 0.05) is 6.54 Å². The third-order valence-electron chi connectivity index (χ3n) is 5.36. The van der Waals surface area contributed by atoms with E-state index in [1.165, 1.54) is 0 Å². The highest BCUT2D eigenvalue weighted by Gasteiger charge is 2.32. The number of thiazole rings is 1. The number of amides is 1. The van der Waals surface area contributed by atoms with Crippen molar-refractivity contribution in [3.8, 4) is 5.75 Å². The number of piperidine rings is 1. The van der Waals surface area contributed by atoms with Gasteiger partial charge < -0.3 is 14.1 Å². The average Bonchev–Trinajstić information content (AvgIpc) is 3.45. The van der Waals surface area contributed by atoms with E-state index in [-0.39, 0.29) is 11.9 Å².